The summed E-state index contributed by atoms with van der Waals surface area (Å²) in [4.78, 5) is 11.8. The van der Waals surface area contributed by atoms with Crippen LogP contribution in [0.3, 0.4) is 0 Å². The molecule has 1 aromatic rings. The molecule has 3 nitrogen and oxygen atoms in total. The molecule has 0 unspecified atom stereocenters. The summed E-state index contributed by atoms with van der Waals surface area (Å²) in [6, 6.07) is 9.86. The molecular formula is C14H14O3. The molecule has 2 bridgehead atoms. The van der Waals surface area contributed by atoms with Gasteiger partial charge >= 0.3 is 0 Å². The van der Waals surface area contributed by atoms with Gasteiger partial charge in [0.25, 0.3) is 0 Å². The minimum atomic E-state index is -0.440. The van der Waals surface area contributed by atoms with E-state index in [0.29, 0.717) is 13.0 Å². The molecule has 3 atom stereocenters. The highest BCUT2D eigenvalue weighted by molar-refractivity contribution is 5.86. The summed E-state index contributed by atoms with van der Waals surface area (Å²) in [6.45, 7) is 0.454. The Morgan fingerprint density at radius 2 is 2.06 bits per heavy atom. The Bertz CT molecular complexity index is 438. The van der Waals surface area contributed by atoms with Gasteiger partial charge in [0.2, 0.25) is 0 Å². The fraction of sp³-hybridized carbons (Fsp3) is 0.357. The molecular weight excluding hydrogens is 216 g/mol. The number of carbonyl (C=O) groups is 1. The predicted molar refractivity (Wildman–Crippen MR) is 62.4 cm³/mol. The van der Waals surface area contributed by atoms with Crippen LogP contribution >= 0.6 is 0 Å². The first-order valence-electron chi connectivity index (χ1n) is 5.85. The predicted octanol–water partition coefficient (Wildman–Crippen LogP) is 1.87. The number of ketones is 1. The van der Waals surface area contributed by atoms with Crippen molar-refractivity contribution in [1.82, 2.24) is 0 Å². The normalized spacial score (nSPS) is 30.8. The Morgan fingerprint density at radius 3 is 2.88 bits per heavy atom. The number of hydrogen-bond donors (Lipinski definition) is 0. The Balaban J connectivity index is 1.65. The first-order valence-corrected chi connectivity index (χ1v) is 5.85. The Morgan fingerprint density at radius 1 is 1.24 bits per heavy atom. The molecule has 0 amide bonds. The molecule has 88 valence electrons. The van der Waals surface area contributed by atoms with Gasteiger partial charge in [0.05, 0.1) is 12.7 Å². The third kappa shape index (κ3) is 2.16. The Kier molecular flexibility index (Phi) is 2.79. The monoisotopic (exact) mass is 230 g/mol. The summed E-state index contributed by atoms with van der Waals surface area (Å²) in [5.74, 6) is 0.146. The maximum absolute atomic E-state index is 11.8. The SMILES string of the molecule is O=C1C[C@H]2C=C[C@H](O2)[C@H]1OCc1ccccc1. The molecule has 0 aromatic heterocycles. The van der Waals surface area contributed by atoms with Crippen LogP contribution in [0.4, 0.5) is 0 Å². The number of ether oxygens (including phenoxy) is 2. The molecule has 0 aliphatic carbocycles. The van der Waals surface area contributed by atoms with Gasteiger partial charge in [-0.15, -0.1) is 0 Å². The van der Waals surface area contributed by atoms with Gasteiger partial charge in [-0.2, -0.15) is 0 Å². The lowest BCUT2D eigenvalue weighted by Crippen LogP contribution is -2.42. The average molecular weight is 230 g/mol. The minimum Gasteiger partial charge on any atom is -0.363 e. The molecule has 0 N–H and O–H groups in total. The van der Waals surface area contributed by atoms with E-state index in [2.05, 4.69) is 0 Å². The third-order valence-electron chi connectivity index (χ3n) is 3.14. The van der Waals surface area contributed by atoms with Crippen LogP contribution in [-0.4, -0.2) is 24.1 Å². The first kappa shape index (κ1) is 10.7. The quantitative estimate of drug-likeness (QED) is 0.744. The molecule has 2 aliphatic rings. The fourth-order valence-corrected chi connectivity index (χ4v) is 2.26. The highest BCUT2D eigenvalue weighted by Crippen LogP contribution is 2.27. The lowest BCUT2D eigenvalue weighted by molar-refractivity contribution is -0.153. The molecule has 1 fully saturated rings. The number of benzene rings is 1. The van der Waals surface area contributed by atoms with Crippen molar-refractivity contribution >= 4 is 5.78 Å². The van der Waals surface area contributed by atoms with E-state index in [1.807, 2.05) is 42.5 Å². The van der Waals surface area contributed by atoms with Crippen LogP contribution in [-0.2, 0) is 20.9 Å². The van der Waals surface area contributed by atoms with Crippen LogP contribution in [0.15, 0.2) is 42.5 Å². The maximum atomic E-state index is 11.8. The van der Waals surface area contributed by atoms with E-state index in [4.69, 9.17) is 9.47 Å². The molecule has 0 spiro atoms. The van der Waals surface area contributed by atoms with Crippen molar-refractivity contribution in [2.75, 3.05) is 0 Å². The van der Waals surface area contributed by atoms with Crippen LogP contribution in [0.2, 0.25) is 0 Å². The largest absolute Gasteiger partial charge is 0.363 e. The summed E-state index contributed by atoms with van der Waals surface area (Å²) >= 11 is 0. The van der Waals surface area contributed by atoms with Crippen LogP contribution in [0, 0.1) is 0 Å². The highest BCUT2D eigenvalue weighted by Gasteiger charge is 2.39. The van der Waals surface area contributed by atoms with Gasteiger partial charge in [0.15, 0.2) is 5.78 Å². The third-order valence-corrected chi connectivity index (χ3v) is 3.14. The molecule has 1 aromatic carbocycles. The van der Waals surface area contributed by atoms with E-state index in [9.17, 15) is 4.79 Å². The molecule has 17 heavy (non-hydrogen) atoms. The van der Waals surface area contributed by atoms with E-state index in [-0.39, 0.29) is 18.0 Å². The minimum absolute atomic E-state index is 0.0240. The van der Waals surface area contributed by atoms with E-state index < -0.39 is 6.10 Å². The molecule has 2 aliphatic heterocycles. The van der Waals surface area contributed by atoms with Gasteiger partial charge in [-0.3, -0.25) is 4.79 Å². The Labute approximate surface area is 100 Å². The zero-order valence-corrected chi connectivity index (χ0v) is 9.41. The summed E-state index contributed by atoms with van der Waals surface area (Å²) < 4.78 is 11.3. The molecule has 1 saturated heterocycles. The summed E-state index contributed by atoms with van der Waals surface area (Å²) in [5, 5.41) is 0. The van der Waals surface area contributed by atoms with Gasteiger partial charge in [-0.1, -0.05) is 42.5 Å². The molecule has 0 saturated carbocycles. The zero-order valence-electron chi connectivity index (χ0n) is 9.41. The molecule has 2 heterocycles. The van der Waals surface area contributed by atoms with Crippen molar-refractivity contribution in [3.63, 3.8) is 0 Å². The van der Waals surface area contributed by atoms with E-state index >= 15 is 0 Å². The van der Waals surface area contributed by atoms with Crippen LogP contribution in [0.1, 0.15) is 12.0 Å². The van der Waals surface area contributed by atoms with Crippen LogP contribution < -0.4 is 0 Å². The van der Waals surface area contributed by atoms with Gasteiger partial charge in [0, 0.05) is 6.42 Å². The van der Waals surface area contributed by atoms with Crippen molar-refractivity contribution in [3.05, 3.63) is 48.0 Å². The Hall–Kier alpha value is -1.45. The smallest absolute Gasteiger partial charge is 0.167 e. The van der Waals surface area contributed by atoms with Gasteiger partial charge < -0.3 is 9.47 Å². The topological polar surface area (TPSA) is 35.5 Å². The molecule has 3 heteroatoms. The second kappa shape index (κ2) is 4.43. The number of hydrogen-bond acceptors (Lipinski definition) is 3. The number of rotatable bonds is 3. The second-order valence-corrected chi connectivity index (χ2v) is 4.41. The number of Topliss-reactive ketones (excluding diaryl/α,β-unsaturated/α-hetero) is 1. The van der Waals surface area contributed by atoms with Crippen LogP contribution in [0.5, 0.6) is 0 Å². The van der Waals surface area contributed by atoms with Gasteiger partial charge in [-0.25, -0.2) is 0 Å². The number of fused-ring (bicyclic) bond motifs is 2. The van der Waals surface area contributed by atoms with E-state index in [1.165, 1.54) is 0 Å². The lowest BCUT2D eigenvalue weighted by atomic mass is 10.0. The lowest BCUT2D eigenvalue weighted by Gasteiger charge is -2.28. The van der Waals surface area contributed by atoms with Crippen molar-refractivity contribution in [1.29, 1.82) is 0 Å². The highest BCUT2D eigenvalue weighted by atomic mass is 16.6. The van der Waals surface area contributed by atoms with Gasteiger partial charge in [0.1, 0.15) is 12.2 Å². The molecule has 0 radical (unpaired) electrons. The first-order chi connectivity index (χ1) is 8.33. The van der Waals surface area contributed by atoms with E-state index in [0.717, 1.165) is 5.56 Å². The van der Waals surface area contributed by atoms with Crippen molar-refractivity contribution < 1.29 is 14.3 Å². The van der Waals surface area contributed by atoms with Gasteiger partial charge in [-0.05, 0) is 5.56 Å². The average Bonchev–Trinajstić information content (AvgIpc) is 2.73. The number of carbonyl (C=O) groups excluding carboxylic acids is 1. The van der Waals surface area contributed by atoms with E-state index in [1.54, 1.807) is 0 Å². The summed E-state index contributed by atoms with van der Waals surface area (Å²) in [7, 11) is 0. The van der Waals surface area contributed by atoms with Crippen LogP contribution in [0.25, 0.3) is 0 Å². The van der Waals surface area contributed by atoms with Crippen molar-refractivity contribution in [2.45, 2.75) is 31.3 Å². The maximum Gasteiger partial charge on any atom is 0.167 e. The van der Waals surface area contributed by atoms with Crippen molar-refractivity contribution in [2.24, 2.45) is 0 Å². The summed E-state index contributed by atoms with van der Waals surface area (Å²) in [5.41, 5.74) is 1.07. The second-order valence-electron chi connectivity index (χ2n) is 4.41. The molecule has 3 rings (SSSR count). The standard InChI is InChI=1S/C14H14O3/c15-12-8-11-6-7-13(17-11)14(12)16-9-10-4-2-1-3-5-10/h1-7,11,13-14H,8-9H2/t11-,13+,14+/m1/s1. The van der Waals surface area contributed by atoms with Crippen molar-refractivity contribution in [3.8, 4) is 0 Å². The zero-order chi connectivity index (χ0) is 11.7. The summed E-state index contributed by atoms with van der Waals surface area (Å²) in [6.07, 6.45) is 3.67. The fourth-order valence-electron chi connectivity index (χ4n) is 2.26.